The third kappa shape index (κ3) is 5.09. The average Bonchev–Trinajstić information content (AvgIpc) is 2.54. The molecule has 2 aromatic carbocycles. The van der Waals surface area contributed by atoms with Gasteiger partial charge in [-0.15, -0.1) is 0 Å². The molecule has 0 heterocycles. The van der Waals surface area contributed by atoms with Crippen LogP contribution >= 0.6 is 0 Å². The number of carbonyl (C=O) groups excluding carboxylic acids is 1. The number of benzene rings is 2. The fraction of sp³-hybridized carbons (Fsp3) is 0.409. The van der Waals surface area contributed by atoms with Gasteiger partial charge in [-0.1, -0.05) is 65.0 Å². The highest BCUT2D eigenvalue weighted by Crippen LogP contribution is 2.26. The number of para-hydroxylation sites is 1. The maximum absolute atomic E-state index is 12.5. The van der Waals surface area contributed by atoms with Crippen LogP contribution in [0.1, 0.15) is 58.6 Å². The van der Waals surface area contributed by atoms with E-state index in [1.165, 1.54) is 5.56 Å². The van der Waals surface area contributed by atoms with Crippen LogP contribution in [0, 0.1) is 0 Å². The molecule has 2 aromatic rings. The Labute approximate surface area is 151 Å². The molecule has 1 atom stereocenters. The topological polar surface area (TPSA) is 38.3 Å². The summed E-state index contributed by atoms with van der Waals surface area (Å²) in [6.45, 7) is 12.5. The Bertz CT molecular complexity index is 712. The molecule has 0 fully saturated rings. The molecule has 0 spiro atoms. The summed E-state index contributed by atoms with van der Waals surface area (Å²) in [5.41, 5.74) is 3.31. The molecule has 134 valence electrons. The molecular weight excluding hydrogens is 310 g/mol. The second-order valence-corrected chi connectivity index (χ2v) is 7.77. The van der Waals surface area contributed by atoms with Gasteiger partial charge >= 0.3 is 0 Å². The zero-order chi connectivity index (χ0) is 18.6. The lowest BCUT2D eigenvalue weighted by atomic mass is 9.87. The van der Waals surface area contributed by atoms with Crippen LogP contribution < -0.4 is 10.1 Å². The van der Waals surface area contributed by atoms with E-state index in [1.54, 1.807) is 6.92 Å². The molecule has 0 saturated carbocycles. The maximum Gasteiger partial charge on any atom is 0.265 e. The highest BCUT2D eigenvalue weighted by atomic mass is 16.5. The fourth-order valence-corrected chi connectivity index (χ4v) is 2.64. The van der Waals surface area contributed by atoms with E-state index in [4.69, 9.17) is 4.74 Å². The zero-order valence-electron chi connectivity index (χ0n) is 16.1. The predicted molar refractivity (Wildman–Crippen MR) is 104 cm³/mol. The van der Waals surface area contributed by atoms with Gasteiger partial charge in [-0.05, 0) is 47.6 Å². The van der Waals surface area contributed by atoms with Crippen molar-refractivity contribution in [3.8, 4) is 5.75 Å². The number of hydrogen-bond donors (Lipinski definition) is 1. The smallest absolute Gasteiger partial charge is 0.265 e. The summed E-state index contributed by atoms with van der Waals surface area (Å²) in [5, 5.41) is 2.98. The fourth-order valence-electron chi connectivity index (χ4n) is 2.64. The molecule has 0 aliphatic heterocycles. The van der Waals surface area contributed by atoms with Gasteiger partial charge in [-0.25, -0.2) is 0 Å². The van der Waals surface area contributed by atoms with E-state index in [1.807, 2.05) is 48.5 Å². The maximum atomic E-state index is 12.5. The number of ether oxygens (including phenoxy) is 1. The monoisotopic (exact) mass is 339 g/mol. The molecule has 0 aliphatic rings. The SMILES string of the molecule is CC(C)c1ccccc1NC(=O)[C@H](C)Oc1ccc(C(C)(C)C)cc1. The third-order valence-corrected chi connectivity index (χ3v) is 4.24. The van der Waals surface area contributed by atoms with E-state index < -0.39 is 6.10 Å². The number of carbonyl (C=O) groups is 1. The van der Waals surface area contributed by atoms with Crippen molar-refractivity contribution in [1.29, 1.82) is 0 Å². The van der Waals surface area contributed by atoms with Crippen LogP contribution in [0.2, 0.25) is 0 Å². The summed E-state index contributed by atoms with van der Waals surface area (Å²) in [4.78, 5) is 12.5. The molecule has 0 radical (unpaired) electrons. The summed E-state index contributed by atoms with van der Waals surface area (Å²) in [6.07, 6.45) is -0.569. The highest BCUT2D eigenvalue weighted by Gasteiger charge is 2.18. The van der Waals surface area contributed by atoms with Crippen molar-refractivity contribution < 1.29 is 9.53 Å². The summed E-state index contributed by atoms with van der Waals surface area (Å²) in [7, 11) is 0. The van der Waals surface area contributed by atoms with Crippen LogP contribution in [0.5, 0.6) is 5.75 Å². The number of nitrogens with one attached hydrogen (secondary N) is 1. The number of anilines is 1. The van der Waals surface area contributed by atoms with E-state index in [0.29, 0.717) is 11.7 Å². The standard InChI is InChI=1S/C22H29NO2/c1-15(2)19-9-7-8-10-20(19)23-21(24)16(3)25-18-13-11-17(12-14-18)22(4,5)6/h7-16H,1-6H3,(H,23,24)/t16-/m0/s1. The first-order valence-corrected chi connectivity index (χ1v) is 8.85. The highest BCUT2D eigenvalue weighted by molar-refractivity contribution is 5.94. The summed E-state index contributed by atoms with van der Waals surface area (Å²) in [6, 6.07) is 15.8. The normalized spacial score (nSPS) is 12.8. The van der Waals surface area contributed by atoms with Gasteiger partial charge in [-0.3, -0.25) is 4.79 Å². The van der Waals surface area contributed by atoms with Gasteiger partial charge in [0.1, 0.15) is 5.75 Å². The van der Waals surface area contributed by atoms with Gasteiger partial charge in [0, 0.05) is 5.69 Å². The Morgan fingerprint density at radius 2 is 1.56 bits per heavy atom. The van der Waals surface area contributed by atoms with Crippen LogP contribution in [0.3, 0.4) is 0 Å². The predicted octanol–water partition coefficient (Wildman–Crippen LogP) is 5.51. The third-order valence-electron chi connectivity index (χ3n) is 4.24. The molecule has 0 aliphatic carbocycles. The van der Waals surface area contributed by atoms with E-state index in [9.17, 15) is 4.79 Å². The first kappa shape index (κ1) is 19.0. The van der Waals surface area contributed by atoms with E-state index >= 15 is 0 Å². The van der Waals surface area contributed by atoms with Crippen LogP contribution in [0.25, 0.3) is 0 Å². The lowest BCUT2D eigenvalue weighted by Crippen LogP contribution is -2.30. The Balaban J connectivity index is 2.04. The average molecular weight is 339 g/mol. The van der Waals surface area contributed by atoms with Gasteiger partial charge < -0.3 is 10.1 Å². The van der Waals surface area contributed by atoms with Crippen molar-refractivity contribution in [2.24, 2.45) is 0 Å². The molecule has 0 aromatic heterocycles. The molecule has 0 bridgehead atoms. The van der Waals surface area contributed by atoms with E-state index in [-0.39, 0.29) is 11.3 Å². The minimum Gasteiger partial charge on any atom is -0.481 e. The van der Waals surface area contributed by atoms with Crippen LogP contribution in [0.15, 0.2) is 48.5 Å². The largest absolute Gasteiger partial charge is 0.481 e. The van der Waals surface area contributed by atoms with Gasteiger partial charge in [-0.2, -0.15) is 0 Å². The number of hydrogen-bond acceptors (Lipinski definition) is 2. The van der Waals surface area contributed by atoms with E-state index in [0.717, 1.165) is 11.3 Å². The number of amides is 1. The number of rotatable bonds is 5. The van der Waals surface area contributed by atoms with Gasteiger partial charge in [0.15, 0.2) is 6.10 Å². The van der Waals surface area contributed by atoms with Crippen molar-refractivity contribution in [2.75, 3.05) is 5.32 Å². The van der Waals surface area contributed by atoms with Gasteiger partial charge in [0.05, 0.1) is 0 Å². The molecule has 3 heteroatoms. The van der Waals surface area contributed by atoms with Crippen molar-refractivity contribution >= 4 is 11.6 Å². The van der Waals surface area contributed by atoms with Crippen LogP contribution in [0.4, 0.5) is 5.69 Å². The molecule has 0 saturated heterocycles. The van der Waals surface area contributed by atoms with Gasteiger partial charge in [0.2, 0.25) is 0 Å². The lowest BCUT2D eigenvalue weighted by Gasteiger charge is -2.20. The molecule has 0 unspecified atom stereocenters. The van der Waals surface area contributed by atoms with Crippen molar-refractivity contribution in [2.45, 2.75) is 59.0 Å². The minimum absolute atomic E-state index is 0.0993. The molecular formula is C22H29NO2. The second-order valence-electron chi connectivity index (χ2n) is 7.77. The summed E-state index contributed by atoms with van der Waals surface area (Å²) >= 11 is 0. The molecule has 25 heavy (non-hydrogen) atoms. The first-order valence-electron chi connectivity index (χ1n) is 8.85. The molecule has 2 rings (SSSR count). The molecule has 1 amide bonds. The van der Waals surface area contributed by atoms with Crippen molar-refractivity contribution in [3.05, 3.63) is 59.7 Å². The van der Waals surface area contributed by atoms with Crippen LogP contribution in [-0.4, -0.2) is 12.0 Å². The Morgan fingerprint density at radius 1 is 0.960 bits per heavy atom. The Kier molecular flexibility index (Phi) is 5.89. The van der Waals surface area contributed by atoms with Crippen molar-refractivity contribution in [3.63, 3.8) is 0 Å². The lowest BCUT2D eigenvalue weighted by molar-refractivity contribution is -0.122. The second kappa shape index (κ2) is 7.73. The van der Waals surface area contributed by atoms with Gasteiger partial charge in [0.25, 0.3) is 5.91 Å². The zero-order valence-corrected chi connectivity index (χ0v) is 16.1. The van der Waals surface area contributed by atoms with Crippen LogP contribution in [-0.2, 0) is 10.2 Å². The Hall–Kier alpha value is -2.29. The quantitative estimate of drug-likeness (QED) is 0.779. The molecule has 3 nitrogen and oxygen atoms in total. The first-order chi connectivity index (χ1) is 11.7. The van der Waals surface area contributed by atoms with Crippen molar-refractivity contribution in [1.82, 2.24) is 0 Å². The van der Waals surface area contributed by atoms with E-state index in [2.05, 4.69) is 39.9 Å². The molecule has 1 N–H and O–H groups in total. The summed E-state index contributed by atoms with van der Waals surface area (Å²) in [5.74, 6) is 0.901. The minimum atomic E-state index is -0.569. The Morgan fingerprint density at radius 3 is 2.12 bits per heavy atom. The summed E-state index contributed by atoms with van der Waals surface area (Å²) < 4.78 is 5.80.